The van der Waals surface area contributed by atoms with E-state index >= 15 is 0 Å². The van der Waals surface area contributed by atoms with Gasteiger partial charge in [-0.1, -0.05) is 0 Å². The lowest BCUT2D eigenvalue weighted by Gasteiger charge is -2.29. The topological polar surface area (TPSA) is 80.5 Å². The molecule has 0 radical (unpaired) electrons. The van der Waals surface area contributed by atoms with Crippen molar-refractivity contribution in [1.82, 2.24) is 20.2 Å². The number of rotatable bonds is 8. The molecule has 0 amide bonds. The van der Waals surface area contributed by atoms with Gasteiger partial charge in [-0.25, -0.2) is 4.98 Å². The van der Waals surface area contributed by atoms with Crippen LogP contribution >= 0.6 is 24.0 Å². The number of nitrogens with zero attached hydrogens (tertiary/aromatic N) is 3. The van der Waals surface area contributed by atoms with E-state index in [1.165, 1.54) is 0 Å². The number of guanidine groups is 1. The van der Waals surface area contributed by atoms with Gasteiger partial charge in [0.15, 0.2) is 5.96 Å². The van der Waals surface area contributed by atoms with Gasteiger partial charge in [-0.2, -0.15) is 0 Å². The molecular formula is C19H34IN5O2. The minimum Gasteiger partial charge on any atom is -0.466 e. The number of aryl methyl sites for hydroxylation is 2. The first-order chi connectivity index (χ1) is 12.6. The van der Waals surface area contributed by atoms with Crippen molar-refractivity contribution in [3.05, 3.63) is 18.2 Å². The van der Waals surface area contributed by atoms with Gasteiger partial charge in [0.2, 0.25) is 0 Å². The monoisotopic (exact) mass is 491 g/mol. The van der Waals surface area contributed by atoms with E-state index in [1.54, 1.807) is 7.05 Å². The summed E-state index contributed by atoms with van der Waals surface area (Å²) in [5.41, 5.74) is 0. The Hall–Kier alpha value is -1.32. The third kappa shape index (κ3) is 8.06. The minimum absolute atomic E-state index is 0. The Morgan fingerprint density at radius 3 is 2.67 bits per heavy atom. The Bertz CT molecular complexity index is 582. The van der Waals surface area contributed by atoms with E-state index in [0.29, 0.717) is 12.6 Å². The van der Waals surface area contributed by atoms with Gasteiger partial charge in [0.25, 0.3) is 0 Å². The van der Waals surface area contributed by atoms with Crippen LogP contribution < -0.4 is 10.6 Å². The van der Waals surface area contributed by atoms with E-state index in [9.17, 15) is 4.79 Å². The summed E-state index contributed by atoms with van der Waals surface area (Å²) in [6, 6.07) is 0.375. The van der Waals surface area contributed by atoms with Crippen LogP contribution in [0.3, 0.4) is 0 Å². The normalized spacial score (nSPS) is 19.9. The van der Waals surface area contributed by atoms with E-state index in [-0.39, 0.29) is 35.9 Å². The number of hydrogen-bond donors (Lipinski definition) is 2. The van der Waals surface area contributed by atoms with E-state index in [4.69, 9.17) is 4.74 Å². The van der Waals surface area contributed by atoms with Crippen LogP contribution in [0.2, 0.25) is 0 Å². The molecule has 0 aromatic carbocycles. The number of ether oxygens (including phenoxy) is 1. The Morgan fingerprint density at radius 1 is 1.33 bits per heavy atom. The number of unbranched alkanes of at least 4 members (excludes halogenated alkanes) is 1. The summed E-state index contributed by atoms with van der Waals surface area (Å²) in [5.74, 6) is 1.94. The first-order valence-corrected chi connectivity index (χ1v) is 9.75. The first kappa shape index (κ1) is 23.7. The average molecular weight is 491 g/mol. The molecule has 0 saturated heterocycles. The lowest BCUT2D eigenvalue weighted by atomic mass is 9.86. The average Bonchev–Trinajstić information content (AvgIpc) is 3.06. The van der Waals surface area contributed by atoms with E-state index < -0.39 is 0 Å². The molecular weight excluding hydrogens is 457 g/mol. The van der Waals surface area contributed by atoms with Gasteiger partial charge in [0, 0.05) is 38.6 Å². The summed E-state index contributed by atoms with van der Waals surface area (Å²) in [5, 5.41) is 6.87. The zero-order valence-corrected chi connectivity index (χ0v) is 19.1. The van der Waals surface area contributed by atoms with Gasteiger partial charge in [-0.05, 0) is 52.4 Å². The molecule has 1 aliphatic rings. The summed E-state index contributed by atoms with van der Waals surface area (Å²) < 4.78 is 7.30. The predicted molar refractivity (Wildman–Crippen MR) is 118 cm³/mol. The summed E-state index contributed by atoms with van der Waals surface area (Å²) in [4.78, 5) is 20.4. The molecule has 1 fully saturated rings. The highest BCUT2D eigenvalue weighted by atomic mass is 127. The maximum Gasteiger partial charge on any atom is 0.308 e. The lowest BCUT2D eigenvalue weighted by Crippen LogP contribution is -2.45. The lowest BCUT2D eigenvalue weighted by molar-refractivity contribution is -0.149. The van der Waals surface area contributed by atoms with Crippen molar-refractivity contribution in [2.75, 3.05) is 20.2 Å². The van der Waals surface area contributed by atoms with Gasteiger partial charge in [0.05, 0.1) is 12.5 Å². The Morgan fingerprint density at radius 2 is 2.07 bits per heavy atom. The molecule has 1 aromatic rings. The fourth-order valence-corrected chi connectivity index (χ4v) is 3.38. The third-order valence-corrected chi connectivity index (χ3v) is 4.95. The number of aromatic nitrogens is 2. The van der Waals surface area contributed by atoms with Gasteiger partial charge in [-0.15, -0.1) is 24.0 Å². The van der Waals surface area contributed by atoms with Gasteiger partial charge >= 0.3 is 5.97 Å². The van der Waals surface area contributed by atoms with E-state index in [2.05, 4.69) is 25.2 Å². The maximum atomic E-state index is 11.8. The van der Waals surface area contributed by atoms with Crippen molar-refractivity contribution in [1.29, 1.82) is 0 Å². The van der Waals surface area contributed by atoms with Crippen molar-refractivity contribution >= 4 is 35.9 Å². The second-order valence-electron chi connectivity index (χ2n) is 6.82. The Kier molecular flexibility index (Phi) is 11.4. The fraction of sp³-hybridized carbons (Fsp3) is 0.737. The van der Waals surface area contributed by atoms with Crippen LogP contribution in [0.5, 0.6) is 0 Å². The van der Waals surface area contributed by atoms with Crippen molar-refractivity contribution in [2.24, 2.45) is 10.9 Å². The molecule has 2 rings (SSSR count). The largest absolute Gasteiger partial charge is 0.466 e. The molecule has 7 nitrogen and oxygen atoms in total. The number of esters is 1. The fourth-order valence-electron chi connectivity index (χ4n) is 3.38. The van der Waals surface area contributed by atoms with Crippen LogP contribution in [0.1, 0.15) is 51.3 Å². The standard InChI is InChI=1S/C19H33N5O2.HI/c1-4-26-18(25)16-7-9-17(10-8-16)23-19(20-3)22-11-5-6-13-24-14-12-21-15(24)2;/h12,14,16-17H,4-11,13H2,1-3H3,(H2,20,22,23);1H. The zero-order chi connectivity index (χ0) is 18.8. The molecule has 0 unspecified atom stereocenters. The number of imidazole rings is 1. The number of carbonyl (C=O) groups is 1. The molecule has 1 saturated carbocycles. The molecule has 1 aromatic heterocycles. The van der Waals surface area contributed by atoms with Gasteiger partial charge in [0.1, 0.15) is 5.82 Å². The molecule has 2 N–H and O–H groups in total. The SMILES string of the molecule is CCOC(=O)C1CCC(NC(=NC)NCCCCn2ccnc2C)CC1.I. The molecule has 0 aliphatic heterocycles. The van der Waals surface area contributed by atoms with E-state index in [0.717, 1.165) is 63.4 Å². The van der Waals surface area contributed by atoms with Gasteiger partial charge < -0.3 is 19.9 Å². The Balaban J connectivity index is 0.00000364. The summed E-state index contributed by atoms with van der Waals surface area (Å²) in [7, 11) is 1.80. The van der Waals surface area contributed by atoms with Gasteiger partial charge in [-0.3, -0.25) is 9.79 Å². The maximum absolute atomic E-state index is 11.8. The van der Waals surface area contributed by atoms with Crippen LogP contribution in [0, 0.1) is 12.8 Å². The Labute approximate surface area is 179 Å². The van der Waals surface area contributed by atoms with Crippen LogP contribution in [0.25, 0.3) is 0 Å². The second-order valence-corrected chi connectivity index (χ2v) is 6.82. The number of halogens is 1. The summed E-state index contributed by atoms with van der Waals surface area (Å²) >= 11 is 0. The molecule has 27 heavy (non-hydrogen) atoms. The minimum atomic E-state index is -0.0402. The molecule has 0 bridgehead atoms. The summed E-state index contributed by atoms with van der Waals surface area (Å²) in [6.45, 7) is 6.25. The van der Waals surface area contributed by atoms with Crippen molar-refractivity contribution in [2.45, 2.75) is 65.0 Å². The molecule has 1 heterocycles. The number of aliphatic imine (C=N–C) groups is 1. The van der Waals surface area contributed by atoms with Crippen molar-refractivity contribution in [3.8, 4) is 0 Å². The zero-order valence-electron chi connectivity index (χ0n) is 16.7. The molecule has 154 valence electrons. The highest BCUT2D eigenvalue weighted by Crippen LogP contribution is 2.25. The third-order valence-electron chi connectivity index (χ3n) is 4.95. The summed E-state index contributed by atoms with van der Waals surface area (Å²) in [6.07, 6.45) is 9.77. The van der Waals surface area contributed by atoms with Crippen LogP contribution in [-0.4, -0.2) is 47.7 Å². The smallest absolute Gasteiger partial charge is 0.308 e. The second kappa shape index (κ2) is 13.0. The highest BCUT2D eigenvalue weighted by molar-refractivity contribution is 14.0. The number of hydrogen-bond acceptors (Lipinski definition) is 4. The quantitative estimate of drug-likeness (QED) is 0.192. The highest BCUT2D eigenvalue weighted by Gasteiger charge is 2.27. The van der Waals surface area contributed by atoms with Crippen molar-refractivity contribution in [3.63, 3.8) is 0 Å². The van der Waals surface area contributed by atoms with Crippen LogP contribution in [0.15, 0.2) is 17.4 Å². The predicted octanol–water partition coefficient (Wildman–Crippen LogP) is 2.88. The van der Waals surface area contributed by atoms with Crippen molar-refractivity contribution < 1.29 is 9.53 Å². The first-order valence-electron chi connectivity index (χ1n) is 9.75. The number of nitrogens with one attached hydrogen (secondary N) is 2. The molecule has 8 heteroatoms. The molecule has 0 atom stereocenters. The number of carbonyl (C=O) groups excluding carboxylic acids is 1. The van der Waals surface area contributed by atoms with Crippen LogP contribution in [0.4, 0.5) is 0 Å². The molecule has 1 aliphatic carbocycles. The molecule has 0 spiro atoms. The van der Waals surface area contributed by atoms with E-state index in [1.807, 2.05) is 26.2 Å². The van der Waals surface area contributed by atoms with Crippen LogP contribution in [-0.2, 0) is 16.1 Å².